The van der Waals surface area contributed by atoms with E-state index in [0.717, 1.165) is 22.4 Å². The Morgan fingerprint density at radius 2 is 1.96 bits per heavy atom. The molecule has 0 atom stereocenters. The maximum Gasteiger partial charge on any atom is 0.409 e. The number of fused-ring (bicyclic) bond motifs is 1. The topological polar surface area (TPSA) is 80.8 Å². The molecule has 0 radical (unpaired) electrons. The second kappa shape index (κ2) is 7.86. The fourth-order valence-corrected chi connectivity index (χ4v) is 3.00. The molecular formula is C19H21N3O4. The number of carbonyl (C=O) groups excluding carboxylic acids is 2. The van der Waals surface area contributed by atoms with E-state index in [1.165, 1.54) is 7.11 Å². The van der Waals surface area contributed by atoms with Crippen LogP contribution in [-0.2, 0) is 24.2 Å². The summed E-state index contributed by atoms with van der Waals surface area (Å²) in [5.74, 6) is 0.605. The summed E-state index contributed by atoms with van der Waals surface area (Å²) in [4.78, 5) is 30.1. The maximum absolute atomic E-state index is 12.6. The average molecular weight is 355 g/mol. The lowest BCUT2D eigenvalue weighted by Crippen LogP contribution is -2.37. The first-order valence-electron chi connectivity index (χ1n) is 8.32. The van der Waals surface area contributed by atoms with E-state index < -0.39 is 0 Å². The summed E-state index contributed by atoms with van der Waals surface area (Å²) in [6.07, 6.45) is 3.50. The van der Waals surface area contributed by atoms with Gasteiger partial charge in [0.1, 0.15) is 5.75 Å². The van der Waals surface area contributed by atoms with Gasteiger partial charge in [-0.05, 0) is 35.2 Å². The third-order valence-electron chi connectivity index (χ3n) is 4.43. The van der Waals surface area contributed by atoms with Crippen LogP contribution in [0.5, 0.6) is 5.75 Å². The highest BCUT2D eigenvalue weighted by Crippen LogP contribution is 2.22. The van der Waals surface area contributed by atoms with E-state index in [1.807, 2.05) is 24.3 Å². The van der Waals surface area contributed by atoms with Gasteiger partial charge in [0.05, 0.1) is 26.3 Å². The van der Waals surface area contributed by atoms with Gasteiger partial charge >= 0.3 is 6.09 Å². The van der Waals surface area contributed by atoms with Gasteiger partial charge in [-0.25, -0.2) is 4.79 Å². The Morgan fingerprint density at radius 3 is 2.65 bits per heavy atom. The largest absolute Gasteiger partial charge is 0.497 e. The van der Waals surface area contributed by atoms with Crippen molar-refractivity contribution in [1.82, 2.24) is 15.2 Å². The van der Waals surface area contributed by atoms with Gasteiger partial charge in [0.2, 0.25) is 0 Å². The van der Waals surface area contributed by atoms with Crippen molar-refractivity contribution >= 4 is 12.0 Å². The number of pyridine rings is 1. The number of benzene rings is 1. The van der Waals surface area contributed by atoms with Gasteiger partial charge in [-0.1, -0.05) is 12.1 Å². The van der Waals surface area contributed by atoms with E-state index in [-0.39, 0.29) is 12.0 Å². The minimum absolute atomic E-state index is 0.170. The van der Waals surface area contributed by atoms with Crippen LogP contribution in [0.2, 0.25) is 0 Å². The van der Waals surface area contributed by atoms with Gasteiger partial charge in [0.25, 0.3) is 5.91 Å². The fraction of sp³-hybridized carbons (Fsp3) is 0.316. The number of hydrogen-bond donors (Lipinski definition) is 1. The summed E-state index contributed by atoms with van der Waals surface area (Å²) in [5, 5.41) is 2.92. The van der Waals surface area contributed by atoms with Crippen molar-refractivity contribution in [2.45, 2.75) is 19.5 Å². The molecule has 1 N–H and O–H groups in total. The zero-order valence-electron chi connectivity index (χ0n) is 14.8. The number of nitrogens with one attached hydrogen (secondary N) is 1. The van der Waals surface area contributed by atoms with Crippen LogP contribution in [0, 0.1) is 0 Å². The molecule has 2 aromatic rings. The van der Waals surface area contributed by atoms with Crippen molar-refractivity contribution < 1.29 is 19.1 Å². The lowest BCUT2D eigenvalue weighted by Gasteiger charge is -2.28. The Morgan fingerprint density at radius 1 is 1.19 bits per heavy atom. The molecule has 0 aliphatic carbocycles. The molecule has 2 amide bonds. The molecule has 7 heteroatoms. The molecule has 1 aromatic heterocycles. The van der Waals surface area contributed by atoms with Crippen molar-refractivity contribution in [2.24, 2.45) is 0 Å². The Hall–Kier alpha value is -3.09. The first-order valence-corrected chi connectivity index (χ1v) is 8.32. The highest BCUT2D eigenvalue weighted by molar-refractivity contribution is 5.95. The first kappa shape index (κ1) is 17.7. The molecule has 0 saturated carbocycles. The predicted octanol–water partition coefficient (Wildman–Crippen LogP) is 2.14. The highest BCUT2D eigenvalue weighted by atomic mass is 16.5. The molecule has 136 valence electrons. The third kappa shape index (κ3) is 3.77. The number of ether oxygens (including phenoxy) is 2. The van der Waals surface area contributed by atoms with Crippen LogP contribution in [0.1, 0.15) is 27.0 Å². The fourth-order valence-electron chi connectivity index (χ4n) is 3.00. The molecule has 0 spiro atoms. The number of rotatable bonds is 4. The van der Waals surface area contributed by atoms with Crippen molar-refractivity contribution in [3.63, 3.8) is 0 Å². The quantitative estimate of drug-likeness (QED) is 0.909. The van der Waals surface area contributed by atoms with Crippen molar-refractivity contribution in [2.75, 3.05) is 20.8 Å². The summed E-state index contributed by atoms with van der Waals surface area (Å²) < 4.78 is 9.89. The summed E-state index contributed by atoms with van der Waals surface area (Å²) >= 11 is 0. The summed E-state index contributed by atoms with van der Waals surface area (Å²) in [6.45, 7) is 1.33. The van der Waals surface area contributed by atoms with E-state index in [9.17, 15) is 9.59 Å². The first-order chi connectivity index (χ1) is 12.6. The average Bonchev–Trinajstić information content (AvgIpc) is 2.70. The van der Waals surface area contributed by atoms with Crippen molar-refractivity contribution in [3.05, 3.63) is 58.9 Å². The number of hydrogen-bond acceptors (Lipinski definition) is 5. The minimum atomic E-state index is -0.370. The normalized spacial score (nSPS) is 12.9. The molecule has 7 nitrogen and oxygen atoms in total. The second-order valence-corrected chi connectivity index (χ2v) is 6.00. The van der Waals surface area contributed by atoms with Gasteiger partial charge in [0.15, 0.2) is 0 Å². The predicted molar refractivity (Wildman–Crippen MR) is 94.9 cm³/mol. The van der Waals surface area contributed by atoms with Crippen LogP contribution in [0.15, 0.2) is 36.7 Å². The van der Waals surface area contributed by atoms with Gasteiger partial charge in [0, 0.05) is 25.5 Å². The zero-order chi connectivity index (χ0) is 18.5. The van der Waals surface area contributed by atoms with Crippen LogP contribution in [0.4, 0.5) is 4.79 Å². The lowest BCUT2D eigenvalue weighted by molar-refractivity contribution is 0.0948. The van der Waals surface area contributed by atoms with Gasteiger partial charge in [-0.15, -0.1) is 0 Å². The van der Waals surface area contributed by atoms with Crippen molar-refractivity contribution in [3.8, 4) is 5.75 Å². The molecule has 1 aromatic carbocycles. The molecule has 0 saturated heterocycles. The highest BCUT2D eigenvalue weighted by Gasteiger charge is 2.25. The standard InChI is InChI=1S/C19H21N3O4/c1-25-15-5-3-13(4-6-15)9-21-18(23)17-11-20-10-14-12-22(19(24)26-2)8-7-16(14)17/h3-6,10-11H,7-9,12H2,1-2H3,(H,21,23). The van der Waals surface area contributed by atoms with Gasteiger partial charge < -0.3 is 19.7 Å². The Bertz CT molecular complexity index is 805. The molecule has 0 fully saturated rings. The summed E-state index contributed by atoms with van der Waals surface area (Å²) in [5.41, 5.74) is 3.35. The zero-order valence-corrected chi connectivity index (χ0v) is 14.8. The molecule has 3 rings (SSSR count). The lowest BCUT2D eigenvalue weighted by atomic mass is 9.97. The van der Waals surface area contributed by atoms with E-state index in [2.05, 4.69) is 10.3 Å². The van der Waals surface area contributed by atoms with E-state index in [0.29, 0.717) is 31.6 Å². The van der Waals surface area contributed by atoms with Crippen LogP contribution in [-0.4, -0.2) is 42.6 Å². The molecule has 0 unspecified atom stereocenters. The monoisotopic (exact) mass is 355 g/mol. The van der Waals surface area contributed by atoms with Crippen LogP contribution in [0.3, 0.4) is 0 Å². The Kier molecular flexibility index (Phi) is 5.36. The molecule has 2 heterocycles. The molecule has 26 heavy (non-hydrogen) atoms. The second-order valence-electron chi connectivity index (χ2n) is 6.00. The Labute approximate surface area is 151 Å². The van der Waals surface area contributed by atoms with Crippen LogP contribution in [0.25, 0.3) is 0 Å². The number of amides is 2. The SMILES string of the molecule is COC(=O)N1CCc2c(cncc2C(=O)NCc2ccc(OC)cc2)C1. The molecule has 1 aliphatic rings. The van der Waals surface area contributed by atoms with Crippen molar-refractivity contribution in [1.29, 1.82) is 0 Å². The van der Waals surface area contributed by atoms with Crippen LogP contribution < -0.4 is 10.1 Å². The smallest absolute Gasteiger partial charge is 0.409 e. The van der Waals surface area contributed by atoms with E-state index >= 15 is 0 Å². The van der Waals surface area contributed by atoms with Gasteiger partial charge in [-0.3, -0.25) is 9.78 Å². The van der Waals surface area contributed by atoms with Crippen LogP contribution >= 0.6 is 0 Å². The minimum Gasteiger partial charge on any atom is -0.497 e. The molecule has 0 bridgehead atoms. The molecule has 1 aliphatic heterocycles. The van der Waals surface area contributed by atoms with E-state index in [4.69, 9.17) is 9.47 Å². The number of carbonyl (C=O) groups is 2. The van der Waals surface area contributed by atoms with E-state index in [1.54, 1.807) is 24.4 Å². The maximum atomic E-state index is 12.6. The molecular weight excluding hydrogens is 334 g/mol. The number of methoxy groups -OCH3 is 2. The Balaban J connectivity index is 1.69. The third-order valence-corrected chi connectivity index (χ3v) is 4.43. The number of aromatic nitrogens is 1. The summed E-state index contributed by atoms with van der Waals surface area (Å²) in [7, 11) is 2.97. The number of nitrogens with zero attached hydrogens (tertiary/aromatic N) is 2. The summed E-state index contributed by atoms with van der Waals surface area (Å²) in [6, 6.07) is 7.53. The van der Waals surface area contributed by atoms with Gasteiger partial charge in [-0.2, -0.15) is 0 Å².